The third-order valence-corrected chi connectivity index (χ3v) is 4.07. The zero-order valence-corrected chi connectivity index (χ0v) is 16.7. The van der Waals surface area contributed by atoms with E-state index in [1.165, 1.54) is 19.2 Å². The van der Waals surface area contributed by atoms with Crippen LogP contribution in [0.15, 0.2) is 36.4 Å². The lowest BCUT2D eigenvalue weighted by atomic mass is 10.1. The van der Waals surface area contributed by atoms with E-state index in [0.29, 0.717) is 29.2 Å². The zero-order chi connectivity index (χ0) is 21.4. The van der Waals surface area contributed by atoms with Gasteiger partial charge in [0.05, 0.1) is 25.3 Å². The van der Waals surface area contributed by atoms with E-state index in [2.05, 4.69) is 10.1 Å². The number of alkyl halides is 3. The number of hydrogen-bond acceptors (Lipinski definition) is 4. The van der Waals surface area contributed by atoms with Crippen LogP contribution in [0.4, 0.5) is 13.2 Å². The van der Waals surface area contributed by atoms with Gasteiger partial charge in [-0.3, -0.25) is 4.79 Å². The molecule has 0 heterocycles. The van der Waals surface area contributed by atoms with E-state index < -0.39 is 12.8 Å². The molecule has 0 saturated heterocycles. The molecule has 2 aromatic rings. The van der Waals surface area contributed by atoms with Crippen molar-refractivity contribution in [2.75, 3.05) is 20.3 Å². The molecule has 0 atom stereocenters. The average Bonchev–Trinajstić information content (AvgIpc) is 2.67. The van der Waals surface area contributed by atoms with Crippen molar-refractivity contribution < 1.29 is 32.2 Å². The van der Waals surface area contributed by atoms with Gasteiger partial charge in [-0.2, -0.15) is 13.2 Å². The van der Waals surface area contributed by atoms with Gasteiger partial charge in [0, 0.05) is 12.1 Å². The van der Waals surface area contributed by atoms with Crippen LogP contribution in [0.3, 0.4) is 0 Å². The molecule has 0 unspecified atom stereocenters. The predicted octanol–water partition coefficient (Wildman–Crippen LogP) is 4.76. The Morgan fingerprint density at radius 1 is 1.14 bits per heavy atom. The molecule has 0 aliphatic rings. The highest BCUT2D eigenvalue weighted by atomic mass is 35.5. The molecule has 0 aromatic heterocycles. The number of carbonyl (C=O) groups excluding carboxylic acids is 1. The lowest BCUT2D eigenvalue weighted by Crippen LogP contribution is -2.23. The monoisotopic (exact) mass is 431 g/mol. The Bertz CT molecular complexity index is 826. The number of ether oxygens (including phenoxy) is 3. The van der Waals surface area contributed by atoms with E-state index in [9.17, 15) is 18.0 Å². The SMILES string of the molecule is CCOc1c(Cl)cc(C(=O)NCc2ccc(COCC(F)(F)F)cc2)cc1OC. The number of methoxy groups -OCH3 is 1. The Labute approximate surface area is 171 Å². The largest absolute Gasteiger partial charge is 0.493 e. The summed E-state index contributed by atoms with van der Waals surface area (Å²) in [5.74, 6) is 0.370. The first kappa shape index (κ1) is 22.8. The van der Waals surface area contributed by atoms with Crippen LogP contribution >= 0.6 is 11.6 Å². The minimum absolute atomic E-state index is 0.142. The molecule has 2 rings (SSSR count). The number of benzene rings is 2. The summed E-state index contributed by atoms with van der Waals surface area (Å²) in [4.78, 5) is 12.4. The van der Waals surface area contributed by atoms with Crippen LogP contribution in [0.2, 0.25) is 5.02 Å². The van der Waals surface area contributed by atoms with Crippen molar-refractivity contribution in [1.82, 2.24) is 5.32 Å². The van der Waals surface area contributed by atoms with Crippen LogP contribution in [0.1, 0.15) is 28.4 Å². The highest BCUT2D eigenvalue weighted by Gasteiger charge is 2.27. The van der Waals surface area contributed by atoms with Crippen molar-refractivity contribution >= 4 is 17.5 Å². The molecule has 0 aliphatic heterocycles. The molecule has 5 nitrogen and oxygen atoms in total. The van der Waals surface area contributed by atoms with E-state index in [0.717, 1.165) is 5.56 Å². The quantitative estimate of drug-likeness (QED) is 0.622. The summed E-state index contributed by atoms with van der Waals surface area (Å²) in [5.41, 5.74) is 1.70. The Hall–Kier alpha value is -2.45. The van der Waals surface area contributed by atoms with Gasteiger partial charge >= 0.3 is 6.18 Å². The standard InChI is InChI=1S/C20H21ClF3NO4/c1-3-29-18-16(21)8-15(9-17(18)27-2)19(26)25-10-13-4-6-14(7-5-13)11-28-12-20(22,23)24/h4-9H,3,10-12H2,1-2H3,(H,25,26). The molecule has 0 bridgehead atoms. The molecule has 9 heteroatoms. The number of amides is 1. The molecule has 0 aliphatic carbocycles. The second kappa shape index (κ2) is 10.4. The summed E-state index contributed by atoms with van der Waals surface area (Å²) in [6.07, 6.45) is -4.35. The minimum Gasteiger partial charge on any atom is -0.493 e. The highest BCUT2D eigenvalue weighted by molar-refractivity contribution is 6.32. The van der Waals surface area contributed by atoms with E-state index in [1.807, 2.05) is 6.92 Å². The lowest BCUT2D eigenvalue weighted by molar-refractivity contribution is -0.176. The summed E-state index contributed by atoms with van der Waals surface area (Å²) >= 11 is 6.17. The van der Waals surface area contributed by atoms with E-state index in [4.69, 9.17) is 21.1 Å². The maximum Gasteiger partial charge on any atom is 0.411 e. The molecule has 29 heavy (non-hydrogen) atoms. The Morgan fingerprint density at radius 2 is 1.79 bits per heavy atom. The van der Waals surface area contributed by atoms with Gasteiger partial charge in [-0.05, 0) is 30.2 Å². The average molecular weight is 432 g/mol. The summed E-state index contributed by atoms with van der Waals surface area (Å²) in [7, 11) is 1.45. The Balaban J connectivity index is 1.94. The molecule has 0 fully saturated rings. The van der Waals surface area contributed by atoms with Crippen molar-refractivity contribution in [3.05, 3.63) is 58.1 Å². The molecule has 2 aromatic carbocycles. The van der Waals surface area contributed by atoms with Gasteiger partial charge in [-0.25, -0.2) is 0 Å². The van der Waals surface area contributed by atoms with Gasteiger partial charge in [-0.15, -0.1) is 0 Å². The topological polar surface area (TPSA) is 56.8 Å². The Morgan fingerprint density at radius 3 is 2.38 bits per heavy atom. The fraction of sp³-hybridized carbons (Fsp3) is 0.350. The van der Waals surface area contributed by atoms with Crippen molar-refractivity contribution in [1.29, 1.82) is 0 Å². The summed E-state index contributed by atoms with van der Waals surface area (Å²) in [6.45, 7) is 1.01. The van der Waals surface area contributed by atoms with Crippen LogP contribution in [-0.2, 0) is 17.9 Å². The molecule has 1 N–H and O–H groups in total. The van der Waals surface area contributed by atoms with Crippen LogP contribution < -0.4 is 14.8 Å². The van der Waals surface area contributed by atoms with Crippen molar-refractivity contribution in [3.63, 3.8) is 0 Å². The molecular formula is C20H21ClF3NO4. The second-order valence-electron chi connectivity index (χ2n) is 6.03. The first-order valence-electron chi connectivity index (χ1n) is 8.74. The van der Waals surface area contributed by atoms with Crippen molar-refractivity contribution in [2.45, 2.75) is 26.3 Å². The van der Waals surface area contributed by atoms with E-state index in [1.54, 1.807) is 24.3 Å². The highest BCUT2D eigenvalue weighted by Crippen LogP contribution is 2.36. The maximum absolute atomic E-state index is 12.4. The molecular weight excluding hydrogens is 411 g/mol. The number of hydrogen-bond donors (Lipinski definition) is 1. The smallest absolute Gasteiger partial charge is 0.411 e. The second-order valence-corrected chi connectivity index (χ2v) is 6.44. The minimum atomic E-state index is -4.35. The molecule has 158 valence electrons. The number of nitrogens with one attached hydrogen (secondary N) is 1. The number of halogens is 4. The van der Waals surface area contributed by atoms with Gasteiger partial charge in [0.2, 0.25) is 0 Å². The van der Waals surface area contributed by atoms with Crippen LogP contribution in [-0.4, -0.2) is 32.4 Å². The molecule has 0 saturated carbocycles. The first-order chi connectivity index (χ1) is 13.7. The van der Waals surface area contributed by atoms with Crippen molar-refractivity contribution in [3.8, 4) is 11.5 Å². The van der Waals surface area contributed by atoms with Crippen LogP contribution in [0.25, 0.3) is 0 Å². The van der Waals surface area contributed by atoms with Gasteiger partial charge < -0.3 is 19.5 Å². The fourth-order valence-electron chi connectivity index (χ4n) is 2.46. The van der Waals surface area contributed by atoms with Crippen molar-refractivity contribution in [2.24, 2.45) is 0 Å². The zero-order valence-electron chi connectivity index (χ0n) is 15.9. The normalized spacial score (nSPS) is 11.2. The molecule has 0 spiro atoms. The van der Waals surface area contributed by atoms with Gasteiger partial charge in [0.1, 0.15) is 6.61 Å². The van der Waals surface area contributed by atoms with Crippen LogP contribution in [0.5, 0.6) is 11.5 Å². The molecule has 0 radical (unpaired) electrons. The lowest BCUT2D eigenvalue weighted by Gasteiger charge is -2.13. The fourth-order valence-corrected chi connectivity index (χ4v) is 2.72. The van der Waals surface area contributed by atoms with Crippen LogP contribution in [0, 0.1) is 0 Å². The van der Waals surface area contributed by atoms with E-state index >= 15 is 0 Å². The van der Waals surface area contributed by atoms with E-state index in [-0.39, 0.29) is 24.1 Å². The maximum atomic E-state index is 12.4. The summed E-state index contributed by atoms with van der Waals surface area (Å²) < 4.78 is 51.5. The predicted molar refractivity (Wildman–Crippen MR) is 102 cm³/mol. The summed E-state index contributed by atoms with van der Waals surface area (Å²) in [5, 5.41) is 3.02. The first-order valence-corrected chi connectivity index (χ1v) is 9.12. The molecule has 1 amide bonds. The third kappa shape index (κ3) is 7.14. The third-order valence-electron chi connectivity index (χ3n) is 3.79. The van der Waals surface area contributed by atoms with Gasteiger partial charge in [0.15, 0.2) is 11.5 Å². The summed E-state index contributed by atoms with van der Waals surface area (Å²) in [6, 6.07) is 9.73. The Kier molecular flexibility index (Phi) is 8.16. The number of carbonyl (C=O) groups is 1. The number of rotatable bonds is 9. The van der Waals surface area contributed by atoms with Gasteiger partial charge in [-0.1, -0.05) is 35.9 Å². The van der Waals surface area contributed by atoms with Gasteiger partial charge in [0.25, 0.3) is 5.91 Å².